The lowest BCUT2D eigenvalue weighted by atomic mass is 10.1. The molecular weight excluding hydrogens is 344 g/mol. The topological polar surface area (TPSA) is 92.8 Å². The lowest BCUT2D eigenvalue weighted by Gasteiger charge is -2.33. The van der Waals surface area contributed by atoms with Gasteiger partial charge in [-0.3, -0.25) is 5.32 Å². The van der Waals surface area contributed by atoms with Crippen LogP contribution in [0.4, 0.5) is 0 Å². The van der Waals surface area contributed by atoms with Crippen molar-refractivity contribution < 1.29 is 17.9 Å². The Morgan fingerprint density at radius 2 is 2.12 bits per heavy atom. The van der Waals surface area contributed by atoms with Gasteiger partial charge in [-0.05, 0) is 25.8 Å². The zero-order valence-electron chi connectivity index (χ0n) is 14.7. The number of aromatic nitrogens is 1. The summed E-state index contributed by atoms with van der Waals surface area (Å²) in [5, 5.41) is 6.37. The molecule has 25 heavy (non-hydrogen) atoms. The molecule has 0 bridgehead atoms. The van der Waals surface area contributed by atoms with E-state index in [-0.39, 0.29) is 11.9 Å². The molecule has 1 atom stereocenters. The predicted octanol–water partition coefficient (Wildman–Crippen LogP) is 0.172. The van der Waals surface area contributed by atoms with Gasteiger partial charge in [-0.15, -0.1) is 0 Å². The Bertz CT molecular complexity index is 666. The minimum atomic E-state index is -3.29. The van der Waals surface area contributed by atoms with Crippen molar-refractivity contribution in [3.05, 3.63) is 18.3 Å². The molecule has 0 aliphatic carbocycles. The molecule has 1 aromatic heterocycles. The fourth-order valence-corrected chi connectivity index (χ4v) is 5.19. The number of sulfonamides is 1. The zero-order chi connectivity index (χ0) is 17.9. The van der Waals surface area contributed by atoms with Crippen LogP contribution in [-0.2, 0) is 10.0 Å². The van der Waals surface area contributed by atoms with Crippen LogP contribution in [0, 0.1) is 0 Å². The standard InChI is InChI=1S/C16H26N4O4S/c1-16(10-17-12-19-16)11-25(21,22)20-7-5-13(6-8-20)24-15-4-3-14(23-2)9-18-15/h3-4,9,13,17,19H,5-8,10-12H2,1-2H3/t16-/m0/s1. The number of pyridine rings is 1. The van der Waals surface area contributed by atoms with E-state index in [1.807, 2.05) is 6.92 Å². The number of piperidine rings is 1. The Morgan fingerprint density at radius 1 is 1.36 bits per heavy atom. The maximum atomic E-state index is 12.7. The summed E-state index contributed by atoms with van der Waals surface area (Å²) in [7, 11) is -1.70. The van der Waals surface area contributed by atoms with Gasteiger partial charge < -0.3 is 14.8 Å². The summed E-state index contributed by atoms with van der Waals surface area (Å²) in [4.78, 5) is 4.19. The second-order valence-corrected chi connectivity index (χ2v) is 8.82. The van der Waals surface area contributed by atoms with Crippen LogP contribution in [0.1, 0.15) is 19.8 Å². The SMILES string of the molecule is COc1ccc(OC2CCN(S(=O)(=O)C[C@]3(C)CNCN3)CC2)nc1. The first-order valence-electron chi connectivity index (χ1n) is 8.50. The van der Waals surface area contributed by atoms with Crippen LogP contribution in [0.3, 0.4) is 0 Å². The normalized spacial score (nSPS) is 25.8. The molecule has 0 spiro atoms. The second-order valence-electron chi connectivity index (χ2n) is 6.85. The molecule has 0 unspecified atom stereocenters. The minimum absolute atomic E-state index is 0.0193. The molecule has 0 amide bonds. The highest BCUT2D eigenvalue weighted by Crippen LogP contribution is 2.22. The maximum absolute atomic E-state index is 12.7. The Kier molecular flexibility index (Phi) is 5.47. The van der Waals surface area contributed by atoms with Crippen LogP contribution in [0.15, 0.2) is 18.3 Å². The Balaban J connectivity index is 1.52. The van der Waals surface area contributed by atoms with Crippen molar-refractivity contribution in [1.29, 1.82) is 0 Å². The fraction of sp³-hybridized carbons (Fsp3) is 0.688. The van der Waals surface area contributed by atoms with Crippen LogP contribution >= 0.6 is 0 Å². The van der Waals surface area contributed by atoms with Gasteiger partial charge in [0, 0.05) is 37.9 Å². The van der Waals surface area contributed by atoms with Gasteiger partial charge >= 0.3 is 0 Å². The molecule has 9 heteroatoms. The first-order valence-corrected chi connectivity index (χ1v) is 10.1. The van der Waals surface area contributed by atoms with E-state index >= 15 is 0 Å². The first-order chi connectivity index (χ1) is 11.9. The molecule has 2 N–H and O–H groups in total. The number of hydrogen-bond donors (Lipinski definition) is 2. The van der Waals surface area contributed by atoms with Gasteiger partial charge in [0.05, 0.1) is 19.1 Å². The van der Waals surface area contributed by atoms with Gasteiger partial charge in [0.2, 0.25) is 15.9 Å². The quantitative estimate of drug-likeness (QED) is 0.737. The number of methoxy groups -OCH3 is 1. The molecule has 2 aliphatic heterocycles. The van der Waals surface area contributed by atoms with E-state index in [0.29, 0.717) is 50.8 Å². The molecule has 1 aromatic rings. The molecule has 3 heterocycles. The largest absolute Gasteiger partial charge is 0.495 e. The molecular formula is C16H26N4O4S. The Labute approximate surface area is 149 Å². The Hall–Kier alpha value is -1.42. The lowest BCUT2D eigenvalue weighted by Crippen LogP contribution is -2.51. The number of nitrogens with one attached hydrogen (secondary N) is 2. The van der Waals surface area contributed by atoms with E-state index in [1.54, 1.807) is 29.7 Å². The van der Waals surface area contributed by atoms with Crippen molar-refractivity contribution >= 4 is 10.0 Å². The maximum Gasteiger partial charge on any atom is 0.215 e. The monoisotopic (exact) mass is 370 g/mol. The highest BCUT2D eigenvalue weighted by Gasteiger charge is 2.37. The van der Waals surface area contributed by atoms with E-state index in [2.05, 4.69) is 15.6 Å². The van der Waals surface area contributed by atoms with Gasteiger partial charge in [-0.2, -0.15) is 0 Å². The van der Waals surface area contributed by atoms with Crippen molar-refractivity contribution in [2.75, 3.05) is 39.2 Å². The van der Waals surface area contributed by atoms with Crippen LogP contribution in [0.25, 0.3) is 0 Å². The fourth-order valence-electron chi connectivity index (χ4n) is 3.23. The molecule has 3 rings (SSSR count). The van der Waals surface area contributed by atoms with E-state index in [4.69, 9.17) is 9.47 Å². The summed E-state index contributed by atoms with van der Waals surface area (Å²) in [5.41, 5.74) is -0.404. The second kappa shape index (κ2) is 7.45. The highest BCUT2D eigenvalue weighted by molar-refractivity contribution is 7.89. The van der Waals surface area contributed by atoms with E-state index in [9.17, 15) is 8.42 Å². The predicted molar refractivity (Wildman–Crippen MR) is 94.2 cm³/mol. The number of rotatable bonds is 6. The van der Waals surface area contributed by atoms with Crippen LogP contribution in [0.2, 0.25) is 0 Å². The number of ether oxygens (including phenoxy) is 2. The molecule has 2 fully saturated rings. The lowest BCUT2D eigenvalue weighted by molar-refractivity contribution is 0.129. The number of nitrogens with zero attached hydrogens (tertiary/aromatic N) is 2. The average Bonchev–Trinajstić information content (AvgIpc) is 3.01. The molecule has 8 nitrogen and oxygen atoms in total. The van der Waals surface area contributed by atoms with Gasteiger partial charge in [0.25, 0.3) is 0 Å². The third kappa shape index (κ3) is 4.60. The molecule has 2 aliphatic rings. The van der Waals surface area contributed by atoms with Crippen molar-refractivity contribution in [1.82, 2.24) is 19.9 Å². The minimum Gasteiger partial charge on any atom is -0.495 e. The van der Waals surface area contributed by atoms with E-state index in [0.717, 1.165) is 0 Å². The van der Waals surface area contributed by atoms with Crippen molar-refractivity contribution in [3.63, 3.8) is 0 Å². The van der Waals surface area contributed by atoms with Crippen LogP contribution in [0.5, 0.6) is 11.6 Å². The summed E-state index contributed by atoms with van der Waals surface area (Å²) in [6, 6.07) is 3.56. The van der Waals surface area contributed by atoms with E-state index in [1.165, 1.54) is 0 Å². The van der Waals surface area contributed by atoms with Gasteiger partial charge in [-0.25, -0.2) is 17.7 Å². The van der Waals surface area contributed by atoms with Gasteiger partial charge in [0.15, 0.2) is 0 Å². The summed E-state index contributed by atoms with van der Waals surface area (Å²) >= 11 is 0. The summed E-state index contributed by atoms with van der Waals surface area (Å²) in [6.07, 6.45) is 2.91. The van der Waals surface area contributed by atoms with Crippen molar-refractivity contribution in [3.8, 4) is 11.6 Å². The van der Waals surface area contributed by atoms with Crippen molar-refractivity contribution in [2.45, 2.75) is 31.4 Å². The smallest absolute Gasteiger partial charge is 0.215 e. The van der Waals surface area contributed by atoms with E-state index < -0.39 is 15.6 Å². The highest BCUT2D eigenvalue weighted by atomic mass is 32.2. The summed E-state index contributed by atoms with van der Waals surface area (Å²) < 4.78 is 37.9. The third-order valence-electron chi connectivity index (χ3n) is 4.68. The molecule has 2 saturated heterocycles. The summed E-state index contributed by atoms with van der Waals surface area (Å²) in [5.74, 6) is 1.33. The molecule has 0 aromatic carbocycles. The van der Waals surface area contributed by atoms with Crippen LogP contribution in [-0.4, -0.2) is 68.5 Å². The van der Waals surface area contributed by atoms with Gasteiger partial charge in [0.1, 0.15) is 11.9 Å². The zero-order valence-corrected chi connectivity index (χ0v) is 15.5. The average molecular weight is 370 g/mol. The Morgan fingerprint density at radius 3 is 2.68 bits per heavy atom. The van der Waals surface area contributed by atoms with Crippen LogP contribution < -0.4 is 20.1 Å². The third-order valence-corrected chi connectivity index (χ3v) is 6.84. The number of hydrogen-bond acceptors (Lipinski definition) is 7. The van der Waals surface area contributed by atoms with Gasteiger partial charge in [-0.1, -0.05) is 0 Å². The summed E-state index contributed by atoms with van der Waals surface area (Å²) in [6.45, 7) is 4.21. The molecule has 0 radical (unpaired) electrons. The molecule has 140 valence electrons. The molecule has 0 saturated carbocycles. The van der Waals surface area contributed by atoms with Crippen molar-refractivity contribution in [2.24, 2.45) is 0 Å². The first kappa shape index (κ1) is 18.4.